The molecule has 0 aliphatic rings. The van der Waals surface area contributed by atoms with E-state index in [4.69, 9.17) is 9.84 Å². The summed E-state index contributed by atoms with van der Waals surface area (Å²) < 4.78 is 5.82. The van der Waals surface area contributed by atoms with E-state index in [2.05, 4.69) is 10.3 Å². The van der Waals surface area contributed by atoms with E-state index in [0.29, 0.717) is 9.96 Å². The number of carbonyl (C=O) groups excluding carboxylic acids is 1. The number of fused-ring (bicyclic) bond motifs is 1. The molecule has 0 atom stereocenters. The quantitative estimate of drug-likeness (QED) is 0.757. The molecule has 22 heavy (non-hydrogen) atoms. The Labute approximate surface area is 133 Å². The van der Waals surface area contributed by atoms with Crippen molar-refractivity contribution in [3.05, 3.63) is 46.8 Å². The molecule has 8 heteroatoms. The summed E-state index contributed by atoms with van der Waals surface area (Å²) in [6.45, 7) is 0.176. The number of anilines is 1. The third-order valence-electron chi connectivity index (χ3n) is 2.72. The van der Waals surface area contributed by atoms with Crippen LogP contribution in [0.1, 0.15) is 15.2 Å². The van der Waals surface area contributed by atoms with Gasteiger partial charge in [-0.05, 0) is 11.6 Å². The number of rotatable bonds is 4. The molecule has 0 saturated carbocycles. The topological polar surface area (TPSA) is 88.5 Å². The van der Waals surface area contributed by atoms with E-state index in [1.807, 2.05) is 30.3 Å². The van der Waals surface area contributed by atoms with Crippen LogP contribution in [0.4, 0.5) is 9.93 Å². The number of nitrogens with zero attached hydrogens (tertiary/aromatic N) is 1. The first-order valence-electron chi connectivity index (χ1n) is 6.23. The van der Waals surface area contributed by atoms with Crippen molar-refractivity contribution < 1.29 is 19.4 Å². The molecule has 2 aromatic heterocycles. The fraction of sp³-hybridized carbons (Fsp3) is 0.0714. The van der Waals surface area contributed by atoms with Crippen LogP contribution in [0.25, 0.3) is 9.53 Å². The number of benzene rings is 1. The van der Waals surface area contributed by atoms with Gasteiger partial charge in [0.05, 0.1) is 4.70 Å². The predicted octanol–water partition coefficient (Wildman–Crippen LogP) is 3.80. The number of aromatic carboxylic acids is 1. The van der Waals surface area contributed by atoms with Crippen LogP contribution >= 0.6 is 22.7 Å². The Morgan fingerprint density at radius 2 is 2.00 bits per heavy atom. The van der Waals surface area contributed by atoms with E-state index < -0.39 is 12.1 Å². The van der Waals surface area contributed by atoms with E-state index in [0.717, 1.165) is 21.6 Å². The molecule has 3 aromatic rings. The van der Waals surface area contributed by atoms with Gasteiger partial charge in [-0.15, -0.1) is 11.3 Å². The lowest BCUT2D eigenvalue weighted by molar-refractivity contribution is 0.0702. The van der Waals surface area contributed by atoms with Crippen LogP contribution in [0, 0.1) is 0 Å². The van der Waals surface area contributed by atoms with Crippen LogP contribution in [0.15, 0.2) is 36.4 Å². The molecule has 0 fully saturated rings. The number of carboxylic acids is 1. The summed E-state index contributed by atoms with van der Waals surface area (Å²) in [5.41, 5.74) is 0.892. The number of thiazole rings is 1. The summed E-state index contributed by atoms with van der Waals surface area (Å²) in [4.78, 5) is 27.5. The minimum atomic E-state index is -0.980. The highest BCUT2D eigenvalue weighted by molar-refractivity contribution is 7.29. The van der Waals surface area contributed by atoms with Crippen LogP contribution in [0.2, 0.25) is 0 Å². The first-order chi connectivity index (χ1) is 10.6. The van der Waals surface area contributed by atoms with Gasteiger partial charge in [0.25, 0.3) is 0 Å². The molecule has 0 bridgehead atoms. The number of nitrogens with one attached hydrogen (secondary N) is 1. The summed E-state index contributed by atoms with van der Waals surface area (Å²) in [7, 11) is 0. The van der Waals surface area contributed by atoms with Gasteiger partial charge in [-0.1, -0.05) is 41.7 Å². The Morgan fingerprint density at radius 3 is 2.68 bits per heavy atom. The molecule has 1 amide bonds. The summed E-state index contributed by atoms with van der Waals surface area (Å²) in [5.74, 6) is -0.980. The molecule has 6 nitrogen and oxygen atoms in total. The number of carboxylic acid groups (broad SMARTS) is 1. The zero-order valence-corrected chi connectivity index (χ0v) is 12.7. The second kappa shape index (κ2) is 6.12. The molecule has 0 aliphatic carbocycles. The highest BCUT2D eigenvalue weighted by Gasteiger charge is 2.14. The van der Waals surface area contributed by atoms with Gasteiger partial charge in [0.15, 0.2) is 5.13 Å². The number of thiophene rings is 1. The maximum absolute atomic E-state index is 11.7. The van der Waals surface area contributed by atoms with Gasteiger partial charge in [0.1, 0.15) is 16.3 Å². The lowest BCUT2D eigenvalue weighted by Crippen LogP contribution is -2.13. The normalized spacial score (nSPS) is 10.5. The van der Waals surface area contributed by atoms with Gasteiger partial charge in [-0.3, -0.25) is 5.32 Å². The standard InChI is InChI=1S/C14H10N2O4S2/c17-12(18)10-6-9-11(21-10)15-13(22-9)16-14(19)20-7-8-4-2-1-3-5-8/h1-6H,7H2,(H,17,18)(H,15,16,19). The second-order valence-electron chi connectivity index (χ2n) is 4.29. The Bertz CT molecular complexity index is 794. The monoisotopic (exact) mass is 334 g/mol. The Balaban J connectivity index is 1.61. The molecule has 0 unspecified atom stereocenters. The van der Waals surface area contributed by atoms with Crippen molar-refractivity contribution in [2.24, 2.45) is 0 Å². The number of amides is 1. The van der Waals surface area contributed by atoms with Gasteiger partial charge >= 0.3 is 12.1 Å². The summed E-state index contributed by atoms with van der Waals surface area (Å²) in [6.07, 6.45) is -0.594. The van der Waals surface area contributed by atoms with Crippen molar-refractivity contribution in [2.75, 3.05) is 5.32 Å². The third kappa shape index (κ3) is 3.23. The van der Waals surface area contributed by atoms with E-state index in [9.17, 15) is 9.59 Å². The van der Waals surface area contributed by atoms with Crippen molar-refractivity contribution in [3.63, 3.8) is 0 Å². The van der Waals surface area contributed by atoms with Crippen molar-refractivity contribution in [2.45, 2.75) is 6.61 Å². The number of hydrogen-bond acceptors (Lipinski definition) is 6. The molecule has 112 valence electrons. The summed E-state index contributed by atoms with van der Waals surface area (Å²) in [6, 6.07) is 10.9. The van der Waals surface area contributed by atoms with Crippen molar-refractivity contribution in [1.29, 1.82) is 0 Å². The molecule has 0 saturated heterocycles. The molecule has 3 rings (SSSR count). The number of carbonyl (C=O) groups is 2. The highest BCUT2D eigenvalue weighted by Crippen LogP contribution is 2.32. The zero-order chi connectivity index (χ0) is 15.5. The lowest BCUT2D eigenvalue weighted by atomic mass is 10.2. The molecule has 0 radical (unpaired) electrons. The average molecular weight is 334 g/mol. The summed E-state index contributed by atoms with van der Waals surface area (Å²) >= 11 is 2.28. The minimum absolute atomic E-state index is 0.176. The molecule has 2 heterocycles. The summed E-state index contributed by atoms with van der Waals surface area (Å²) in [5, 5.41) is 11.8. The first kappa shape index (κ1) is 14.5. The van der Waals surface area contributed by atoms with Crippen LogP contribution < -0.4 is 5.32 Å². The van der Waals surface area contributed by atoms with E-state index in [-0.39, 0.29) is 11.5 Å². The van der Waals surface area contributed by atoms with Gasteiger partial charge in [0.2, 0.25) is 0 Å². The number of aromatic nitrogens is 1. The van der Waals surface area contributed by atoms with E-state index in [1.165, 1.54) is 11.3 Å². The molecular weight excluding hydrogens is 324 g/mol. The maximum Gasteiger partial charge on any atom is 0.413 e. The third-order valence-corrected chi connectivity index (χ3v) is 4.79. The minimum Gasteiger partial charge on any atom is -0.477 e. The maximum atomic E-state index is 11.7. The van der Waals surface area contributed by atoms with Crippen LogP contribution in [-0.4, -0.2) is 22.2 Å². The molecule has 2 N–H and O–H groups in total. The largest absolute Gasteiger partial charge is 0.477 e. The molecular formula is C14H10N2O4S2. The van der Waals surface area contributed by atoms with Crippen molar-refractivity contribution in [3.8, 4) is 0 Å². The zero-order valence-electron chi connectivity index (χ0n) is 11.1. The first-order valence-corrected chi connectivity index (χ1v) is 7.86. The SMILES string of the molecule is O=C(Nc1nc2sc(C(=O)O)cc2s1)OCc1ccccc1. The smallest absolute Gasteiger partial charge is 0.413 e. The highest BCUT2D eigenvalue weighted by atomic mass is 32.1. The molecule has 0 aliphatic heterocycles. The average Bonchev–Trinajstić information content (AvgIpc) is 3.04. The van der Waals surface area contributed by atoms with Crippen molar-refractivity contribution in [1.82, 2.24) is 4.98 Å². The number of hydrogen-bond donors (Lipinski definition) is 2. The van der Waals surface area contributed by atoms with Gasteiger partial charge < -0.3 is 9.84 Å². The fourth-order valence-electron chi connectivity index (χ4n) is 1.74. The predicted molar refractivity (Wildman–Crippen MR) is 84.7 cm³/mol. The van der Waals surface area contributed by atoms with Gasteiger partial charge in [0, 0.05) is 0 Å². The van der Waals surface area contributed by atoms with E-state index in [1.54, 1.807) is 6.07 Å². The number of ether oxygens (including phenoxy) is 1. The van der Waals surface area contributed by atoms with E-state index >= 15 is 0 Å². The Kier molecular flexibility index (Phi) is 4.03. The van der Waals surface area contributed by atoms with Crippen LogP contribution in [0.3, 0.4) is 0 Å². The Hall–Kier alpha value is -2.45. The lowest BCUT2D eigenvalue weighted by Gasteiger charge is -2.04. The molecule has 1 aromatic carbocycles. The van der Waals surface area contributed by atoms with Gasteiger partial charge in [-0.2, -0.15) is 0 Å². The van der Waals surface area contributed by atoms with Crippen LogP contribution in [0.5, 0.6) is 0 Å². The van der Waals surface area contributed by atoms with Crippen LogP contribution in [-0.2, 0) is 11.3 Å². The fourth-order valence-corrected chi connectivity index (χ4v) is 3.68. The second-order valence-corrected chi connectivity index (χ2v) is 6.35. The molecule has 0 spiro atoms. The van der Waals surface area contributed by atoms with Gasteiger partial charge in [-0.25, -0.2) is 14.6 Å². The van der Waals surface area contributed by atoms with Crippen molar-refractivity contribution >= 4 is 49.4 Å². The Morgan fingerprint density at radius 1 is 1.23 bits per heavy atom.